The zero-order valence-corrected chi connectivity index (χ0v) is 15.8. The number of halogens is 2. The smallest absolute Gasteiger partial charge is 0.414 e. The number of carbonyl (C=O) groups is 2. The fourth-order valence-corrected chi connectivity index (χ4v) is 3.61. The molecule has 148 valence electrons. The first-order valence-electron chi connectivity index (χ1n) is 9.01. The van der Waals surface area contributed by atoms with Crippen LogP contribution in [0.15, 0.2) is 18.2 Å². The van der Waals surface area contributed by atoms with Crippen LogP contribution in [0.4, 0.5) is 24.1 Å². The standard InChI is InChI=1S/C19H24F2N2O4/c1-18(2,3)27-16(24)22-9-6-19(7-10-22)8-11-26-17(25)23(19)13-4-5-14(20)15(21)12-13/h4-5,12H,6-11H2,1-3H3. The van der Waals surface area contributed by atoms with Crippen molar-refractivity contribution in [3.05, 3.63) is 29.8 Å². The molecule has 6 nitrogen and oxygen atoms in total. The van der Waals surface area contributed by atoms with Crippen molar-refractivity contribution in [2.24, 2.45) is 0 Å². The van der Waals surface area contributed by atoms with Gasteiger partial charge >= 0.3 is 12.2 Å². The minimum absolute atomic E-state index is 0.254. The number of amides is 2. The third kappa shape index (κ3) is 3.99. The van der Waals surface area contributed by atoms with Crippen molar-refractivity contribution in [3.8, 4) is 0 Å². The van der Waals surface area contributed by atoms with Gasteiger partial charge < -0.3 is 14.4 Å². The molecule has 2 fully saturated rings. The number of carbonyl (C=O) groups excluding carboxylic acids is 2. The number of hydrogen-bond donors (Lipinski definition) is 0. The number of benzene rings is 1. The fourth-order valence-electron chi connectivity index (χ4n) is 3.61. The van der Waals surface area contributed by atoms with Gasteiger partial charge in [-0.1, -0.05) is 0 Å². The second-order valence-corrected chi connectivity index (χ2v) is 7.99. The monoisotopic (exact) mass is 382 g/mol. The lowest BCUT2D eigenvalue weighted by atomic mass is 9.82. The molecule has 0 unspecified atom stereocenters. The molecular formula is C19H24F2N2O4. The molecule has 27 heavy (non-hydrogen) atoms. The molecule has 0 N–H and O–H groups in total. The van der Waals surface area contributed by atoms with Gasteiger partial charge in [0.05, 0.1) is 17.8 Å². The van der Waals surface area contributed by atoms with E-state index in [-0.39, 0.29) is 12.3 Å². The SMILES string of the molecule is CC(C)(C)OC(=O)N1CCC2(CCOC(=O)N2c2ccc(F)c(F)c2)CC1. The number of anilines is 1. The lowest BCUT2D eigenvalue weighted by Gasteiger charge is -2.50. The normalized spacial score (nSPS) is 19.8. The average molecular weight is 382 g/mol. The second-order valence-electron chi connectivity index (χ2n) is 7.99. The van der Waals surface area contributed by atoms with Crippen LogP contribution < -0.4 is 4.90 Å². The molecule has 2 aliphatic rings. The highest BCUT2D eigenvalue weighted by atomic mass is 19.2. The molecule has 0 aromatic heterocycles. The molecule has 2 saturated heterocycles. The summed E-state index contributed by atoms with van der Waals surface area (Å²) in [4.78, 5) is 27.8. The van der Waals surface area contributed by atoms with Gasteiger partial charge in [0, 0.05) is 25.6 Å². The van der Waals surface area contributed by atoms with Crippen molar-refractivity contribution in [1.82, 2.24) is 4.90 Å². The van der Waals surface area contributed by atoms with Gasteiger partial charge in [-0.3, -0.25) is 4.90 Å². The van der Waals surface area contributed by atoms with Crippen molar-refractivity contribution >= 4 is 17.9 Å². The van der Waals surface area contributed by atoms with Crippen molar-refractivity contribution in [1.29, 1.82) is 0 Å². The molecule has 3 rings (SSSR count). The first-order chi connectivity index (χ1) is 12.6. The number of ether oxygens (including phenoxy) is 2. The third-order valence-corrected chi connectivity index (χ3v) is 4.96. The molecule has 2 heterocycles. The molecule has 0 atom stereocenters. The number of nitrogens with zero attached hydrogens (tertiary/aromatic N) is 2. The molecular weight excluding hydrogens is 358 g/mol. The van der Waals surface area contributed by atoms with Crippen LogP contribution in [0.1, 0.15) is 40.0 Å². The van der Waals surface area contributed by atoms with Crippen molar-refractivity contribution in [2.45, 2.75) is 51.2 Å². The highest BCUT2D eigenvalue weighted by molar-refractivity contribution is 5.90. The minimum Gasteiger partial charge on any atom is -0.449 e. The summed E-state index contributed by atoms with van der Waals surface area (Å²) in [7, 11) is 0. The summed E-state index contributed by atoms with van der Waals surface area (Å²) in [6, 6.07) is 3.37. The van der Waals surface area contributed by atoms with Crippen LogP contribution in [0.5, 0.6) is 0 Å². The zero-order chi connectivity index (χ0) is 19.8. The first-order valence-corrected chi connectivity index (χ1v) is 9.01. The Labute approximate surface area is 157 Å². The number of likely N-dealkylation sites (tertiary alicyclic amines) is 1. The fraction of sp³-hybridized carbons (Fsp3) is 0.579. The predicted molar refractivity (Wildman–Crippen MR) is 94.6 cm³/mol. The van der Waals surface area contributed by atoms with Crippen LogP contribution in [-0.4, -0.2) is 47.9 Å². The van der Waals surface area contributed by atoms with E-state index in [9.17, 15) is 18.4 Å². The molecule has 1 aromatic rings. The topological polar surface area (TPSA) is 59.1 Å². The Kier molecular flexibility index (Phi) is 5.01. The molecule has 0 bridgehead atoms. The Morgan fingerprint density at radius 3 is 2.41 bits per heavy atom. The largest absolute Gasteiger partial charge is 0.449 e. The number of cyclic esters (lactones) is 1. The van der Waals surface area contributed by atoms with E-state index >= 15 is 0 Å². The number of rotatable bonds is 1. The average Bonchev–Trinajstić information content (AvgIpc) is 2.57. The maximum Gasteiger partial charge on any atom is 0.414 e. The van der Waals surface area contributed by atoms with E-state index in [2.05, 4.69) is 0 Å². The van der Waals surface area contributed by atoms with Gasteiger partial charge in [0.15, 0.2) is 11.6 Å². The van der Waals surface area contributed by atoms with Crippen LogP contribution >= 0.6 is 0 Å². The van der Waals surface area contributed by atoms with E-state index in [0.29, 0.717) is 32.4 Å². The van der Waals surface area contributed by atoms with E-state index < -0.39 is 35.0 Å². The Balaban J connectivity index is 1.80. The highest BCUT2D eigenvalue weighted by Gasteiger charge is 2.47. The van der Waals surface area contributed by atoms with E-state index in [1.807, 2.05) is 0 Å². The molecule has 2 aliphatic heterocycles. The summed E-state index contributed by atoms with van der Waals surface area (Å²) < 4.78 is 37.6. The van der Waals surface area contributed by atoms with Crippen LogP contribution in [0, 0.1) is 11.6 Å². The zero-order valence-electron chi connectivity index (χ0n) is 15.8. The Morgan fingerprint density at radius 2 is 1.81 bits per heavy atom. The van der Waals surface area contributed by atoms with E-state index in [1.165, 1.54) is 11.0 Å². The predicted octanol–water partition coefficient (Wildman–Crippen LogP) is 4.08. The molecule has 1 aromatic carbocycles. The lowest BCUT2D eigenvalue weighted by molar-refractivity contribution is 0.0123. The van der Waals surface area contributed by atoms with Crippen molar-refractivity contribution in [2.75, 3.05) is 24.6 Å². The summed E-state index contributed by atoms with van der Waals surface area (Å²) in [5, 5.41) is 0. The lowest BCUT2D eigenvalue weighted by Crippen LogP contribution is -2.61. The first kappa shape index (κ1) is 19.4. The van der Waals surface area contributed by atoms with Gasteiger partial charge in [-0.05, 0) is 45.7 Å². The molecule has 0 saturated carbocycles. The maximum absolute atomic E-state index is 13.7. The third-order valence-electron chi connectivity index (χ3n) is 4.96. The van der Waals surface area contributed by atoms with Crippen LogP contribution in [-0.2, 0) is 9.47 Å². The van der Waals surface area contributed by atoms with Crippen LogP contribution in [0.2, 0.25) is 0 Å². The Morgan fingerprint density at radius 1 is 1.15 bits per heavy atom. The second kappa shape index (κ2) is 6.98. The molecule has 1 spiro atoms. The Hall–Kier alpha value is -2.38. The maximum atomic E-state index is 13.7. The number of hydrogen-bond acceptors (Lipinski definition) is 4. The van der Waals surface area contributed by atoms with Crippen LogP contribution in [0.25, 0.3) is 0 Å². The van der Waals surface area contributed by atoms with Gasteiger partial charge in [0.2, 0.25) is 0 Å². The number of piperidine rings is 1. The quantitative estimate of drug-likeness (QED) is 0.734. The van der Waals surface area contributed by atoms with Gasteiger partial charge in [-0.15, -0.1) is 0 Å². The molecule has 2 amide bonds. The highest BCUT2D eigenvalue weighted by Crippen LogP contribution is 2.39. The van der Waals surface area contributed by atoms with Crippen molar-refractivity contribution < 1.29 is 27.8 Å². The van der Waals surface area contributed by atoms with Gasteiger partial charge in [-0.2, -0.15) is 0 Å². The summed E-state index contributed by atoms with van der Waals surface area (Å²) in [5.41, 5.74) is -0.930. The summed E-state index contributed by atoms with van der Waals surface area (Å²) in [6.07, 6.45) is 0.578. The summed E-state index contributed by atoms with van der Waals surface area (Å²) in [5.74, 6) is -2.00. The Bertz CT molecular complexity index is 740. The van der Waals surface area contributed by atoms with E-state index in [4.69, 9.17) is 9.47 Å². The van der Waals surface area contributed by atoms with Gasteiger partial charge in [-0.25, -0.2) is 18.4 Å². The molecule has 0 aliphatic carbocycles. The van der Waals surface area contributed by atoms with E-state index in [0.717, 1.165) is 12.1 Å². The van der Waals surface area contributed by atoms with Gasteiger partial charge in [0.25, 0.3) is 0 Å². The van der Waals surface area contributed by atoms with E-state index in [1.54, 1.807) is 25.7 Å². The van der Waals surface area contributed by atoms with Gasteiger partial charge in [0.1, 0.15) is 5.60 Å². The summed E-state index contributed by atoms with van der Waals surface area (Å²) in [6.45, 7) is 6.48. The van der Waals surface area contributed by atoms with Crippen molar-refractivity contribution in [3.63, 3.8) is 0 Å². The summed E-state index contributed by atoms with van der Waals surface area (Å²) >= 11 is 0. The van der Waals surface area contributed by atoms with Crippen LogP contribution in [0.3, 0.4) is 0 Å². The minimum atomic E-state index is -1.02. The molecule has 0 radical (unpaired) electrons. The molecule has 8 heteroatoms.